The van der Waals surface area contributed by atoms with Gasteiger partial charge in [0, 0.05) is 35.3 Å². The van der Waals surface area contributed by atoms with Gasteiger partial charge < -0.3 is 15.2 Å². The highest BCUT2D eigenvalue weighted by atomic mass is 127. The summed E-state index contributed by atoms with van der Waals surface area (Å²) in [6, 6.07) is 19.5. The Balaban J connectivity index is 1.42. The molecular weight excluding hydrogens is 503 g/mol. The van der Waals surface area contributed by atoms with Crippen LogP contribution >= 0.6 is 22.6 Å². The number of phenolic OH excluding ortho intramolecular Hbond substituents is 1. The fourth-order valence-corrected chi connectivity index (χ4v) is 4.29. The second-order valence-electron chi connectivity index (χ2n) is 7.71. The molecule has 0 radical (unpaired) electrons. The summed E-state index contributed by atoms with van der Waals surface area (Å²) in [4.78, 5) is 14.9. The molecule has 3 aromatic carbocycles. The fraction of sp³-hybridized carbons (Fsp3) is 0.240. The van der Waals surface area contributed by atoms with Crippen molar-refractivity contribution in [2.75, 3.05) is 13.7 Å². The Hall–Kier alpha value is -2.58. The lowest BCUT2D eigenvalue weighted by molar-refractivity contribution is 0.0950. The Morgan fingerprint density at radius 2 is 1.84 bits per heavy atom. The second kappa shape index (κ2) is 9.70. The normalized spacial score (nSPS) is 13.5. The number of methoxy groups -OCH3 is 1. The predicted molar refractivity (Wildman–Crippen MR) is 129 cm³/mol. The van der Waals surface area contributed by atoms with Crippen molar-refractivity contribution in [2.24, 2.45) is 0 Å². The van der Waals surface area contributed by atoms with E-state index in [4.69, 9.17) is 4.74 Å². The minimum Gasteiger partial charge on any atom is -0.504 e. The van der Waals surface area contributed by atoms with Crippen LogP contribution in [0.15, 0.2) is 60.7 Å². The first-order valence-corrected chi connectivity index (χ1v) is 11.3. The summed E-state index contributed by atoms with van der Waals surface area (Å²) < 4.78 is 6.34. The molecule has 1 aliphatic heterocycles. The minimum absolute atomic E-state index is 0.0671. The molecule has 0 aliphatic carbocycles. The van der Waals surface area contributed by atoms with Crippen LogP contribution < -0.4 is 10.1 Å². The van der Waals surface area contributed by atoms with Crippen molar-refractivity contribution in [1.82, 2.24) is 10.2 Å². The van der Waals surface area contributed by atoms with Gasteiger partial charge in [-0.05, 0) is 87.7 Å². The molecule has 5 nitrogen and oxygen atoms in total. The summed E-state index contributed by atoms with van der Waals surface area (Å²) >= 11 is 2.23. The zero-order chi connectivity index (χ0) is 21.8. The van der Waals surface area contributed by atoms with Gasteiger partial charge in [0.05, 0.1) is 7.11 Å². The van der Waals surface area contributed by atoms with Crippen molar-refractivity contribution in [3.63, 3.8) is 0 Å². The molecule has 31 heavy (non-hydrogen) atoms. The number of nitrogens with one attached hydrogen (secondary N) is 1. The highest BCUT2D eigenvalue weighted by Crippen LogP contribution is 2.32. The molecule has 0 saturated carbocycles. The molecule has 1 amide bonds. The molecule has 2 N–H and O–H groups in total. The number of carbonyl (C=O) groups excluding carboxylic acids is 1. The van der Waals surface area contributed by atoms with E-state index in [1.165, 1.54) is 11.1 Å². The molecule has 0 spiro atoms. The maximum atomic E-state index is 12.5. The van der Waals surface area contributed by atoms with Gasteiger partial charge in [-0.1, -0.05) is 24.3 Å². The Labute approximate surface area is 196 Å². The van der Waals surface area contributed by atoms with E-state index in [0.717, 1.165) is 40.8 Å². The third-order valence-electron chi connectivity index (χ3n) is 5.65. The Bertz CT molecular complexity index is 1080. The van der Waals surface area contributed by atoms with E-state index < -0.39 is 0 Å². The highest BCUT2D eigenvalue weighted by Gasteiger charge is 2.20. The van der Waals surface area contributed by atoms with Crippen molar-refractivity contribution in [2.45, 2.75) is 26.1 Å². The van der Waals surface area contributed by atoms with E-state index in [2.05, 4.69) is 44.9 Å². The van der Waals surface area contributed by atoms with Gasteiger partial charge in [0.25, 0.3) is 5.91 Å². The van der Waals surface area contributed by atoms with Gasteiger partial charge in [0.1, 0.15) is 0 Å². The molecule has 3 aromatic rings. The number of hydrogen-bond acceptors (Lipinski definition) is 4. The van der Waals surface area contributed by atoms with Crippen LogP contribution in [-0.4, -0.2) is 29.6 Å². The van der Waals surface area contributed by atoms with Crippen molar-refractivity contribution in [1.29, 1.82) is 0 Å². The molecule has 1 aliphatic rings. The maximum Gasteiger partial charge on any atom is 0.251 e. The average molecular weight is 528 g/mol. The number of nitrogens with zero attached hydrogens (tertiary/aromatic N) is 1. The van der Waals surface area contributed by atoms with Gasteiger partial charge in [0.2, 0.25) is 0 Å². The van der Waals surface area contributed by atoms with Crippen molar-refractivity contribution in [3.8, 4) is 11.5 Å². The average Bonchev–Trinajstić information content (AvgIpc) is 2.78. The Kier molecular flexibility index (Phi) is 6.77. The largest absolute Gasteiger partial charge is 0.504 e. The molecule has 0 fully saturated rings. The zero-order valence-corrected chi connectivity index (χ0v) is 19.6. The van der Waals surface area contributed by atoms with E-state index in [1.807, 2.05) is 48.5 Å². The molecular formula is C25H25IN2O3. The molecule has 160 valence electrons. The maximum absolute atomic E-state index is 12.5. The molecule has 0 bridgehead atoms. The van der Waals surface area contributed by atoms with Gasteiger partial charge in [0.15, 0.2) is 11.5 Å². The van der Waals surface area contributed by atoms with Crippen LogP contribution in [0.2, 0.25) is 0 Å². The van der Waals surface area contributed by atoms with Crippen molar-refractivity contribution in [3.05, 3.63) is 92.1 Å². The second-order valence-corrected chi connectivity index (χ2v) is 8.96. The zero-order valence-electron chi connectivity index (χ0n) is 17.4. The minimum atomic E-state index is -0.0671. The third-order valence-corrected chi connectivity index (χ3v) is 6.37. The quantitative estimate of drug-likeness (QED) is 0.463. The van der Waals surface area contributed by atoms with E-state index in [0.29, 0.717) is 17.9 Å². The van der Waals surface area contributed by atoms with Gasteiger partial charge in [-0.25, -0.2) is 0 Å². The number of rotatable bonds is 6. The van der Waals surface area contributed by atoms with Gasteiger partial charge in [-0.2, -0.15) is 0 Å². The summed E-state index contributed by atoms with van der Waals surface area (Å²) in [5.74, 6) is 0.644. The number of ether oxygens (including phenoxy) is 1. The summed E-state index contributed by atoms with van der Waals surface area (Å²) in [7, 11) is 1.57. The first-order valence-electron chi connectivity index (χ1n) is 10.2. The number of halogens is 1. The van der Waals surface area contributed by atoms with Crippen LogP contribution in [0, 0.1) is 3.57 Å². The molecule has 4 rings (SSSR count). The van der Waals surface area contributed by atoms with E-state index in [9.17, 15) is 9.90 Å². The predicted octanol–water partition coefficient (Wildman–Crippen LogP) is 4.49. The van der Waals surface area contributed by atoms with Crippen LogP contribution in [0.25, 0.3) is 0 Å². The summed E-state index contributed by atoms with van der Waals surface area (Å²) in [5.41, 5.74) is 5.34. The molecule has 1 heterocycles. The molecule has 0 atom stereocenters. The number of phenols is 1. The molecule has 0 aromatic heterocycles. The van der Waals surface area contributed by atoms with Crippen LogP contribution in [0.3, 0.4) is 0 Å². The van der Waals surface area contributed by atoms with Crippen LogP contribution in [-0.2, 0) is 26.1 Å². The first kappa shape index (κ1) is 21.6. The van der Waals surface area contributed by atoms with Gasteiger partial charge in [-0.3, -0.25) is 9.69 Å². The number of benzene rings is 3. The summed E-state index contributed by atoms with van der Waals surface area (Å²) in [6.07, 6.45) is 0.914. The molecule has 0 unspecified atom stereocenters. The monoisotopic (exact) mass is 528 g/mol. The first-order chi connectivity index (χ1) is 15.0. The topological polar surface area (TPSA) is 61.8 Å². The standard InChI is InChI=1S/C25H25IN2O3/c1-31-24-13-18-10-11-28(16-21(18)12-23(24)29)15-20-5-3-2-4-19(20)14-27-25(30)17-6-8-22(26)9-7-17/h2-9,12-13,29H,10-11,14-16H2,1H3,(H,27,30). The lowest BCUT2D eigenvalue weighted by Crippen LogP contribution is -2.31. The lowest BCUT2D eigenvalue weighted by Gasteiger charge is -2.30. The van der Waals surface area contributed by atoms with E-state index in [-0.39, 0.29) is 11.7 Å². The van der Waals surface area contributed by atoms with Gasteiger partial charge in [-0.15, -0.1) is 0 Å². The Morgan fingerprint density at radius 3 is 2.58 bits per heavy atom. The number of fused-ring (bicyclic) bond motifs is 1. The number of aromatic hydroxyl groups is 1. The van der Waals surface area contributed by atoms with Gasteiger partial charge >= 0.3 is 0 Å². The molecule has 6 heteroatoms. The number of hydrogen-bond donors (Lipinski definition) is 2. The number of amides is 1. The van der Waals surface area contributed by atoms with Crippen molar-refractivity contribution >= 4 is 28.5 Å². The number of carbonyl (C=O) groups is 1. The van der Waals surface area contributed by atoms with Crippen LogP contribution in [0.1, 0.15) is 32.6 Å². The lowest BCUT2D eigenvalue weighted by atomic mass is 9.97. The third kappa shape index (κ3) is 5.19. The van der Waals surface area contributed by atoms with Crippen LogP contribution in [0.5, 0.6) is 11.5 Å². The smallest absolute Gasteiger partial charge is 0.251 e. The van der Waals surface area contributed by atoms with Crippen molar-refractivity contribution < 1.29 is 14.6 Å². The van der Waals surface area contributed by atoms with E-state index in [1.54, 1.807) is 7.11 Å². The summed E-state index contributed by atoms with van der Waals surface area (Å²) in [5, 5.41) is 13.2. The molecule has 0 saturated heterocycles. The fourth-order valence-electron chi connectivity index (χ4n) is 3.93. The van der Waals surface area contributed by atoms with Crippen LogP contribution in [0.4, 0.5) is 0 Å². The van der Waals surface area contributed by atoms with E-state index >= 15 is 0 Å². The SMILES string of the molecule is COc1cc2c(cc1O)CN(Cc1ccccc1CNC(=O)c1ccc(I)cc1)CC2. The Morgan fingerprint density at radius 1 is 1.10 bits per heavy atom. The summed E-state index contributed by atoms with van der Waals surface area (Å²) in [6.45, 7) is 2.99. The highest BCUT2D eigenvalue weighted by molar-refractivity contribution is 14.1.